The van der Waals surface area contributed by atoms with Crippen molar-refractivity contribution in [3.8, 4) is 0 Å². The van der Waals surface area contributed by atoms with Crippen LogP contribution < -0.4 is 5.32 Å². The average Bonchev–Trinajstić information content (AvgIpc) is 2.48. The normalized spacial score (nSPS) is 12.3. The molecular formula is C18H20BrN. The highest BCUT2D eigenvalue weighted by molar-refractivity contribution is 9.11. The van der Waals surface area contributed by atoms with Crippen LogP contribution in [0.1, 0.15) is 24.0 Å². The van der Waals surface area contributed by atoms with Gasteiger partial charge in [0.1, 0.15) is 0 Å². The van der Waals surface area contributed by atoms with Gasteiger partial charge in [-0.25, -0.2) is 0 Å². The fourth-order valence-corrected chi connectivity index (χ4v) is 2.64. The zero-order valence-corrected chi connectivity index (χ0v) is 13.3. The molecule has 0 saturated heterocycles. The van der Waals surface area contributed by atoms with E-state index in [0.717, 1.165) is 11.0 Å². The lowest BCUT2D eigenvalue weighted by atomic mass is 9.86. The van der Waals surface area contributed by atoms with E-state index in [4.69, 9.17) is 0 Å². The summed E-state index contributed by atoms with van der Waals surface area (Å²) in [6.07, 6.45) is 0. The molecule has 20 heavy (non-hydrogen) atoms. The minimum absolute atomic E-state index is 0.328. The Kier molecular flexibility index (Phi) is 5.57. The number of hydrogen-bond acceptors (Lipinski definition) is 1. The molecule has 0 spiro atoms. The molecule has 2 rings (SSSR count). The summed E-state index contributed by atoms with van der Waals surface area (Å²) < 4.78 is 0.976. The Morgan fingerprint density at radius 2 is 1.45 bits per heavy atom. The van der Waals surface area contributed by atoms with Gasteiger partial charge in [-0.15, -0.1) is 0 Å². The fraction of sp³-hybridized carbons (Fsp3) is 0.222. The predicted molar refractivity (Wildman–Crippen MR) is 90.3 cm³/mol. The fourth-order valence-electron chi connectivity index (χ4n) is 2.48. The minimum atomic E-state index is 0.328. The van der Waals surface area contributed by atoms with E-state index in [9.17, 15) is 0 Å². The lowest BCUT2D eigenvalue weighted by molar-refractivity contribution is 0.525. The lowest BCUT2D eigenvalue weighted by Crippen LogP contribution is -2.33. The molecule has 1 nitrogen and oxygen atoms in total. The summed E-state index contributed by atoms with van der Waals surface area (Å²) in [6, 6.07) is 21.6. The van der Waals surface area contributed by atoms with Crippen molar-refractivity contribution in [1.82, 2.24) is 5.32 Å². The van der Waals surface area contributed by atoms with Crippen LogP contribution in [-0.2, 0) is 0 Å². The Hall–Kier alpha value is -1.38. The molecule has 1 atom stereocenters. The third kappa shape index (κ3) is 4.06. The predicted octanol–water partition coefficient (Wildman–Crippen LogP) is 4.71. The van der Waals surface area contributed by atoms with Crippen molar-refractivity contribution in [1.29, 1.82) is 0 Å². The number of benzene rings is 2. The molecule has 0 aliphatic rings. The van der Waals surface area contributed by atoms with Crippen LogP contribution in [-0.4, -0.2) is 12.6 Å². The molecule has 104 valence electrons. The Labute approximate surface area is 129 Å². The maximum atomic E-state index is 3.89. The van der Waals surface area contributed by atoms with Crippen LogP contribution >= 0.6 is 15.9 Å². The molecule has 1 unspecified atom stereocenters. The van der Waals surface area contributed by atoms with Crippen molar-refractivity contribution in [3.63, 3.8) is 0 Å². The second-order valence-electron chi connectivity index (χ2n) is 4.99. The van der Waals surface area contributed by atoms with Gasteiger partial charge in [-0.2, -0.15) is 0 Å². The van der Waals surface area contributed by atoms with Gasteiger partial charge >= 0.3 is 0 Å². The molecular weight excluding hydrogens is 310 g/mol. The van der Waals surface area contributed by atoms with Gasteiger partial charge in [0, 0.05) is 23.0 Å². The molecule has 0 radical (unpaired) electrons. The standard InChI is InChI=1S/C18H20BrN/c1-14(19)13-20-15(2)18(16-9-5-3-6-10-16)17-11-7-4-8-12-17/h3-12,15,18,20H,1,13H2,2H3. The average molecular weight is 330 g/mol. The number of hydrogen-bond donors (Lipinski definition) is 1. The van der Waals surface area contributed by atoms with E-state index in [2.05, 4.69) is 95.4 Å². The van der Waals surface area contributed by atoms with E-state index < -0.39 is 0 Å². The molecule has 0 heterocycles. The van der Waals surface area contributed by atoms with Crippen molar-refractivity contribution in [3.05, 3.63) is 82.9 Å². The first-order valence-corrected chi connectivity index (χ1v) is 7.64. The Bertz CT molecular complexity index is 496. The van der Waals surface area contributed by atoms with E-state index in [0.29, 0.717) is 12.0 Å². The number of nitrogens with one attached hydrogen (secondary N) is 1. The summed E-state index contributed by atoms with van der Waals surface area (Å²) >= 11 is 3.41. The largest absolute Gasteiger partial charge is 0.309 e. The highest BCUT2D eigenvalue weighted by atomic mass is 79.9. The molecule has 0 saturated carbocycles. The molecule has 0 fully saturated rings. The summed E-state index contributed by atoms with van der Waals surface area (Å²) in [5.74, 6) is 0.337. The smallest absolute Gasteiger partial charge is 0.0268 e. The third-order valence-corrected chi connectivity index (χ3v) is 3.71. The van der Waals surface area contributed by atoms with Gasteiger partial charge in [-0.1, -0.05) is 83.2 Å². The van der Waals surface area contributed by atoms with E-state index in [1.54, 1.807) is 0 Å². The van der Waals surface area contributed by atoms with Gasteiger partial charge in [0.25, 0.3) is 0 Å². The van der Waals surface area contributed by atoms with E-state index in [-0.39, 0.29) is 0 Å². The van der Waals surface area contributed by atoms with Crippen molar-refractivity contribution < 1.29 is 0 Å². The molecule has 0 aliphatic carbocycles. The Balaban J connectivity index is 2.27. The zero-order chi connectivity index (χ0) is 14.4. The van der Waals surface area contributed by atoms with Gasteiger partial charge in [-0.3, -0.25) is 0 Å². The van der Waals surface area contributed by atoms with Crippen LogP contribution in [0.3, 0.4) is 0 Å². The zero-order valence-electron chi connectivity index (χ0n) is 11.7. The van der Waals surface area contributed by atoms with Crippen LogP contribution in [0.2, 0.25) is 0 Å². The lowest BCUT2D eigenvalue weighted by Gasteiger charge is -2.26. The van der Waals surface area contributed by atoms with Crippen molar-refractivity contribution >= 4 is 15.9 Å². The first-order valence-electron chi connectivity index (χ1n) is 6.85. The molecule has 0 aromatic heterocycles. The minimum Gasteiger partial charge on any atom is -0.309 e. The summed E-state index contributed by atoms with van der Waals surface area (Å²) in [7, 11) is 0. The molecule has 2 aromatic carbocycles. The van der Waals surface area contributed by atoms with Crippen LogP contribution in [0.25, 0.3) is 0 Å². The Morgan fingerprint density at radius 1 is 1.00 bits per heavy atom. The number of halogens is 1. The molecule has 0 bridgehead atoms. The molecule has 1 N–H and O–H groups in total. The first kappa shape index (κ1) is 15.0. The second kappa shape index (κ2) is 7.41. The summed E-state index contributed by atoms with van der Waals surface area (Å²) in [6.45, 7) is 6.88. The summed E-state index contributed by atoms with van der Waals surface area (Å²) in [4.78, 5) is 0. The Morgan fingerprint density at radius 3 is 1.85 bits per heavy atom. The van der Waals surface area contributed by atoms with Crippen LogP contribution in [0.5, 0.6) is 0 Å². The van der Waals surface area contributed by atoms with Gasteiger partial charge in [0.05, 0.1) is 0 Å². The highest BCUT2D eigenvalue weighted by Gasteiger charge is 2.20. The summed E-state index contributed by atoms with van der Waals surface area (Å²) in [5, 5.41) is 3.53. The molecule has 0 amide bonds. The van der Waals surface area contributed by atoms with E-state index in [1.807, 2.05) is 0 Å². The molecule has 0 aliphatic heterocycles. The summed E-state index contributed by atoms with van der Waals surface area (Å²) in [5.41, 5.74) is 2.66. The topological polar surface area (TPSA) is 12.0 Å². The van der Waals surface area contributed by atoms with Crippen molar-refractivity contribution in [2.75, 3.05) is 6.54 Å². The van der Waals surface area contributed by atoms with E-state index >= 15 is 0 Å². The third-order valence-electron chi connectivity index (χ3n) is 3.43. The van der Waals surface area contributed by atoms with Crippen LogP contribution in [0, 0.1) is 0 Å². The molecule has 2 aromatic rings. The molecule has 2 heteroatoms. The van der Waals surface area contributed by atoms with Gasteiger partial charge in [0.2, 0.25) is 0 Å². The van der Waals surface area contributed by atoms with Crippen molar-refractivity contribution in [2.45, 2.75) is 18.9 Å². The first-order chi connectivity index (χ1) is 9.68. The van der Waals surface area contributed by atoms with Gasteiger partial charge in [0.15, 0.2) is 0 Å². The van der Waals surface area contributed by atoms with Gasteiger partial charge < -0.3 is 5.32 Å². The van der Waals surface area contributed by atoms with Crippen molar-refractivity contribution in [2.24, 2.45) is 0 Å². The number of rotatable bonds is 6. The quantitative estimate of drug-likeness (QED) is 0.809. The monoisotopic (exact) mass is 329 g/mol. The van der Waals surface area contributed by atoms with Gasteiger partial charge in [-0.05, 0) is 18.1 Å². The SMILES string of the molecule is C=C(Br)CNC(C)C(c1ccccc1)c1ccccc1. The second-order valence-corrected chi connectivity index (χ2v) is 6.11. The highest BCUT2D eigenvalue weighted by Crippen LogP contribution is 2.28. The van der Waals surface area contributed by atoms with Crippen LogP contribution in [0.15, 0.2) is 71.7 Å². The van der Waals surface area contributed by atoms with E-state index in [1.165, 1.54) is 11.1 Å². The van der Waals surface area contributed by atoms with Crippen LogP contribution in [0.4, 0.5) is 0 Å². The maximum absolute atomic E-state index is 3.89. The maximum Gasteiger partial charge on any atom is 0.0268 e.